The summed E-state index contributed by atoms with van der Waals surface area (Å²) in [6.45, 7) is 5.91. The van der Waals surface area contributed by atoms with Crippen LogP contribution in [0.1, 0.15) is 5.56 Å². The van der Waals surface area contributed by atoms with E-state index in [0.717, 1.165) is 43.2 Å². The molecule has 0 atom stereocenters. The standard InChI is InChI=1S/C24H25N7O2/c1-18-15-21(17-22(16-18)31(32)33)29(24-8-9-25-23-7-10-26-30(23)24)20-5-3-19(4-6-20)28-13-11-27(2)12-14-28/h3-10,15-17H,11-14H2,1-2H3. The Bertz CT molecular complexity index is 1290. The highest BCUT2D eigenvalue weighted by Crippen LogP contribution is 2.37. The van der Waals surface area contributed by atoms with E-state index < -0.39 is 0 Å². The third-order valence-corrected chi connectivity index (χ3v) is 5.99. The van der Waals surface area contributed by atoms with Crippen LogP contribution in [0.3, 0.4) is 0 Å². The molecule has 4 aromatic rings. The Labute approximate surface area is 191 Å². The van der Waals surface area contributed by atoms with Crippen LogP contribution in [0.5, 0.6) is 0 Å². The van der Waals surface area contributed by atoms with Crippen molar-refractivity contribution in [3.63, 3.8) is 0 Å². The lowest BCUT2D eigenvalue weighted by atomic mass is 10.1. The maximum Gasteiger partial charge on any atom is 0.271 e. The number of anilines is 4. The zero-order valence-corrected chi connectivity index (χ0v) is 18.6. The molecule has 2 aromatic carbocycles. The zero-order chi connectivity index (χ0) is 22.9. The topological polar surface area (TPSA) is 83.0 Å². The molecule has 0 N–H and O–H groups in total. The number of likely N-dealkylation sites (N-methyl/N-ethyl adjacent to an activating group) is 1. The Morgan fingerprint density at radius 2 is 1.70 bits per heavy atom. The van der Waals surface area contributed by atoms with Crippen molar-refractivity contribution in [2.75, 3.05) is 43.0 Å². The molecule has 2 aromatic heterocycles. The average Bonchev–Trinajstić information content (AvgIpc) is 3.30. The monoisotopic (exact) mass is 443 g/mol. The molecule has 1 aliphatic rings. The van der Waals surface area contributed by atoms with Gasteiger partial charge in [0.05, 0.1) is 16.8 Å². The minimum atomic E-state index is -0.360. The highest BCUT2D eigenvalue weighted by molar-refractivity contribution is 5.78. The van der Waals surface area contributed by atoms with Crippen LogP contribution in [0.2, 0.25) is 0 Å². The van der Waals surface area contributed by atoms with Crippen molar-refractivity contribution >= 4 is 34.2 Å². The maximum absolute atomic E-state index is 11.6. The summed E-state index contributed by atoms with van der Waals surface area (Å²) in [5, 5.41) is 16.0. The summed E-state index contributed by atoms with van der Waals surface area (Å²) < 4.78 is 1.74. The van der Waals surface area contributed by atoms with Gasteiger partial charge in [-0.15, -0.1) is 0 Å². The smallest absolute Gasteiger partial charge is 0.271 e. The Balaban J connectivity index is 1.61. The van der Waals surface area contributed by atoms with Gasteiger partial charge in [-0.2, -0.15) is 9.61 Å². The maximum atomic E-state index is 11.6. The fourth-order valence-corrected chi connectivity index (χ4v) is 4.26. The number of nitrogens with zero attached hydrogens (tertiary/aromatic N) is 7. The van der Waals surface area contributed by atoms with Crippen molar-refractivity contribution in [2.24, 2.45) is 0 Å². The van der Waals surface area contributed by atoms with E-state index in [1.807, 2.05) is 30.0 Å². The Hall–Kier alpha value is -3.98. The van der Waals surface area contributed by atoms with Crippen LogP contribution in [0.15, 0.2) is 67.0 Å². The predicted octanol–water partition coefficient (Wildman–Crippen LogP) is 4.17. The minimum Gasteiger partial charge on any atom is -0.369 e. The molecule has 5 rings (SSSR count). The summed E-state index contributed by atoms with van der Waals surface area (Å²) in [5.74, 6) is 0.747. The number of nitro groups is 1. The van der Waals surface area contributed by atoms with Gasteiger partial charge >= 0.3 is 0 Å². The van der Waals surface area contributed by atoms with Gasteiger partial charge in [0, 0.05) is 61.9 Å². The first kappa shape index (κ1) is 20.9. The molecule has 0 spiro atoms. The quantitative estimate of drug-likeness (QED) is 0.338. The second kappa shape index (κ2) is 8.51. The molecule has 9 heteroatoms. The summed E-state index contributed by atoms with van der Waals surface area (Å²) in [6, 6.07) is 17.1. The normalized spacial score (nSPS) is 14.5. The second-order valence-corrected chi connectivity index (χ2v) is 8.33. The van der Waals surface area contributed by atoms with Gasteiger partial charge in [-0.3, -0.25) is 15.0 Å². The van der Waals surface area contributed by atoms with Gasteiger partial charge in [0.15, 0.2) is 5.65 Å². The van der Waals surface area contributed by atoms with Crippen molar-refractivity contribution in [1.29, 1.82) is 0 Å². The molecule has 1 saturated heterocycles. The number of non-ortho nitro benzene ring substituents is 1. The molecule has 168 valence electrons. The summed E-state index contributed by atoms with van der Waals surface area (Å²) in [7, 11) is 2.14. The van der Waals surface area contributed by atoms with Crippen molar-refractivity contribution in [1.82, 2.24) is 19.5 Å². The molecule has 0 amide bonds. The molecule has 0 saturated carbocycles. The Morgan fingerprint density at radius 3 is 2.42 bits per heavy atom. The summed E-state index contributed by atoms with van der Waals surface area (Å²) in [4.78, 5) is 22.3. The third-order valence-electron chi connectivity index (χ3n) is 5.99. The van der Waals surface area contributed by atoms with Crippen molar-refractivity contribution in [3.05, 3.63) is 82.7 Å². The van der Waals surface area contributed by atoms with Gasteiger partial charge in [0.2, 0.25) is 0 Å². The van der Waals surface area contributed by atoms with Crippen molar-refractivity contribution < 1.29 is 4.92 Å². The molecular formula is C24H25N7O2. The first-order valence-electron chi connectivity index (χ1n) is 10.9. The van der Waals surface area contributed by atoms with Gasteiger partial charge in [0.1, 0.15) is 5.82 Å². The number of nitro benzene ring substituents is 1. The van der Waals surface area contributed by atoms with Crippen LogP contribution >= 0.6 is 0 Å². The lowest BCUT2D eigenvalue weighted by molar-refractivity contribution is -0.384. The highest BCUT2D eigenvalue weighted by Gasteiger charge is 2.20. The minimum absolute atomic E-state index is 0.0508. The molecular weight excluding hydrogens is 418 g/mol. The van der Waals surface area contributed by atoms with Crippen LogP contribution < -0.4 is 9.80 Å². The fraction of sp³-hybridized carbons (Fsp3) is 0.250. The first-order valence-corrected chi connectivity index (χ1v) is 10.9. The van der Waals surface area contributed by atoms with E-state index in [2.05, 4.69) is 51.2 Å². The second-order valence-electron chi connectivity index (χ2n) is 8.33. The van der Waals surface area contributed by atoms with Gasteiger partial charge in [-0.1, -0.05) is 0 Å². The number of aryl methyl sites for hydroxylation is 1. The molecule has 1 aliphatic heterocycles. The summed E-state index contributed by atoms with van der Waals surface area (Å²) >= 11 is 0. The van der Waals surface area contributed by atoms with E-state index in [-0.39, 0.29) is 10.6 Å². The highest BCUT2D eigenvalue weighted by atomic mass is 16.6. The molecule has 0 bridgehead atoms. The van der Waals surface area contributed by atoms with Crippen LogP contribution in [0, 0.1) is 17.0 Å². The van der Waals surface area contributed by atoms with E-state index in [4.69, 9.17) is 0 Å². The van der Waals surface area contributed by atoms with E-state index in [1.165, 1.54) is 5.69 Å². The third kappa shape index (κ3) is 4.10. The lowest BCUT2D eigenvalue weighted by Gasteiger charge is -2.34. The molecule has 0 radical (unpaired) electrons. The SMILES string of the molecule is Cc1cc(N(c2ccc(N3CCN(C)CC3)cc2)c2ccnc3ccnn23)cc([N+](=O)[O-])c1. The number of benzene rings is 2. The molecule has 9 nitrogen and oxygen atoms in total. The van der Waals surface area contributed by atoms with Crippen LogP contribution in [0.25, 0.3) is 5.65 Å². The molecule has 3 heterocycles. The van der Waals surface area contributed by atoms with Crippen molar-refractivity contribution in [3.8, 4) is 0 Å². The van der Waals surface area contributed by atoms with E-state index in [1.54, 1.807) is 29.0 Å². The summed E-state index contributed by atoms with van der Waals surface area (Å²) in [5.41, 5.74) is 4.31. The Morgan fingerprint density at radius 1 is 0.939 bits per heavy atom. The first-order chi connectivity index (χ1) is 16.0. The van der Waals surface area contributed by atoms with Crippen LogP contribution in [0.4, 0.5) is 28.6 Å². The van der Waals surface area contributed by atoms with E-state index >= 15 is 0 Å². The van der Waals surface area contributed by atoms with Gasteiger partial charge < -0.3 is 9.80 Å². The number of piperazine rings is 1. The van der Waals surface area contributed by atoms with Crippen LogP contribution in [-0.4, -0.2) is 57.6 Å². The predicted molar refractivity (Wildman–Crippen MR) is 129 cm³/mol. The Kier molecular flexibility index (Phi) is 5.39. The van der Waals surface area contributed by atoms with E-state index in [0.29, 0.717) is 11.3 Å². The number of hydrogen-bond acceptors (Lipinski definition) is 7. The molecule has 33 heavy (non-hydrogen) atoms. The number of aromatic nitrogens is 3. The molecule has 0 aliphatic carbocycles. The largest absolute Gasteiger partial charge is 0.369 e. The molecule has 1 fully saturated rings. The van der Waals surface area contributed by atoms with Crippen molar-refractivity contribution in [2.45, 2.75) is 6.92 Å². The number of fused-ring (bicyclic) bond motifs is 1. The van der Waals surface area contributed by atoms with Gasteiger partial charge in [0.25, 0.3) is 5.69 Å². The summed E-state index contributed by atoms with van der Waals surface area (Å²) in [6.07, 6.45) is 3.42. The molecule has 0 unspecified atom stereocenters. The van der Waals surface area contributed by atoms with Gasteiger partial charge in [-0.25, -0.2) is 4.98 Å². The number of hydrogen-bond donors (Lipinski definition) is 0. The average molecular weight is 444 g/mol. The zero-order valence-electron chi connectivity index (χ0n) is 18.6. The fourth-order valence-electron chi connectivity index (χ4n) is 4.26. The van der Waals surface area contributed by atoms with Crippen LogP contribution in [-0.2, 0) is 0 Å². The van der Waals surface area contributed by atoms with Gasteiger partial charge in [-0.05, 0) is 55.9 Å². The number of rotatable bonds is 5. The van der Waals surface area contributed by atoms with E-state index in [9.17, 15) is 10.1 Å². The lowest BCUT2D eigenvalue weighted by Crippen LogP contribution is -2.44.